The molecule has 0 radical (unpaired) electrons. The summed E-state index contributed by atoms with van der Waals surface area (Å²) in [5.74, 6) is 2.65. The molecule has 0 atom stereocenters. The molecule has 0 aromatic heterocycles. The fraction of sp³-hybridized carbons (Fsp3) is 0.381. The maximum Gasteiger partial charge on any atom is 0.227 e. The van der Waals surface area contributed by atoms with Crippen molar-refractivity contribution in [1.29, 1.82) is 0 Å². The third-order valence-electron chi connectivity index (χ3n) is 4.73. The average Bonchev–Trinajstić information content (AvgIpc) is 2.57. The van der Waals surface area contributed by atoms with Crippen LogP contribution in [0.25, 0.3) is 0 Å². The Kier molecular flexibility index (Phi) is 5.19. The van der Waals surface area contributed by atoms with Gasteiger partial charge in [-0.3, -0.25) is 4.79 Å². The SMILES string of the molecule is Cc1cccc(Oc2ccc(NC(=O)C3CCC(C)CC3)cc2)c1. The fourth-order valence-corrected chi connectivity index (χ4v) is 3.19. The second-order valence-electron chi connectivity index (χ2n) is 6.89. The highest BCUT2D eigenvalue weighted by atomic mass is 16.5. The second-order valence-corrected chi connectivity index (χ2v) is 6.89. The molecule has 24 heavy (non-hydrogen) atoms. The molecule has 0 saturated heterocycles. The van der Waals surface area contributed by atoms with Gasteiger partial charge in [0.2, 0.25) is 5.91 Å². The largest absolute Gasteiger partial charge is 0.457 e. The molecular weight excluding hydrogens is 298 g/mol. The highest BCUT2D eigenvalue weighted by molar-refractivity contribution is 5.92. The molecule has 1 amide bonds. The lowest BCUT2D eigenvalue weighted by Crippen LogP contribution is -2.26. The predicted molar refractivity (Wildman–Crippen MR) is 97.4 cm³/mol. The molecule has 3 nitrogen and oxygen atoms in total. The molecule has 0 unspecified atom stereocenters. The van der Waals surface area contributed by atoms with Crippen molar-refractivity contribution in [2.75, 3.05) is 5.32 Å². The van der Waals surface area contributed by atoms with E-state index >= 15 is 0 Å². The van der Waals surface area contributed by atoms with Crippen LogP contribution in [0.1, 0.15) is 38.2 Å². The zero-order valence-electron chi connectivity index (χ0n) is 14.4. The van der Waals surface area contributed by atoms with E-state index in [1.54, 1.807) is 0 Å². The minimum Gasteiger partial charge on any atom is -0.457 e. The van der Waals surface area contributed by atoms with Gasteiger partial charge in [-0.05, 0) is 80.5 Å². The third kappa shape index (κ3) is 4.38. The monoisotopic (exact) mass is 323 g/mol. The first-order valence-corrected chi connectivity index (χ1v) is 8.75. The standard InChI is InChI=1S/C21H25NO2/c1-15-6-8-17(9-7-15)21(23)22-18-10-12-19(13-11-18)24-20-5-3-4-16(2)14-20/h3-5,10-15,17H,6-9H2,1-2H3,(H,22,23). The van der Waals surface area contributed by atoms with Gasteiger partial charge in [0.05, 0.1) is 0 Å². The van der Waals surface area contributed by atoms with E-state index < -0.39 is 0 Å². The van der Waals surface area contributed by atoms with E-state index in [-0.39, 0.29) is 11.8 Å². The summed E-state index contributed by atoms with van der Waals surface area (Å²) < 4.78 is 5.83. The fourth-order valence-electron chi connectivity index (χ4n) is 3.19. The highest BCUT2D eigenvalue weighted by Crippen LogP contribution is 2.29. The van der Waals surface area contributed by atoms with Crippen LogP contribution in [-0.4, -0.2) is 5.91 Å². The van der Waals surface area contributed by atoms with Crippen molar-refractivity contribution >= 4 is 11.6 Å². The van der Waals surface area contributed by atoms with Crippen molar-refractivity contribution in [3.05, 3.63) is 54.1 Å². The van der Waals surface area contributed by atoms with Crippen LogP contribution in [0.15, 0.2) is 48.5 Å². The maximum absolute atomic E-state index is 12.3. The lowest BCUT2D eigenvalue weighted by molar-refractivity contribution is -0.121. The van der Waals surface area contributed by atoms with Gasteiger partial charge in [-0.25, -0.2) is 0 Å². The van der Waals surface area contributed by atoms with Gasteiger partial charge in [-0.2, -0.15) is 0 Å². The summed E-state index contributed by atoms with van der Waals surface area (Å²) in [5.41, 5.74) is 1.99. The zero-order valence-corrected chi connectivity index (χ0v) is 14.4. The second kappa shape index (κ2) is 7.52. The molecule has 0 spiro atoms. The Morgan fingerprint density at radius 1 is 1.00 bits per heavy atom. The summed E-state index contributed by atoms with van der Waals surface area (Å²) in [6.07, 6.45) is 4.31. The van der Waals surface area contributed by atoms with Crippen LogP contribution in [-0.2, 0) is 4.79 Å². The van der Waals surface area contributed by atoms with Crippen LogP contribution in [0.2, 0.25) is 0 Å². The Balaban J connectivity index is 1.57. The molecule has 3 rings (SSSR count). The molecule has 3 heteroatoms. The quantitative estimate of drug-likeness (QED) is 0.801. The van der Waals surface area contributed by atoms with E-state index in [0.717, 1.165) is 54.4 Å². The van der Waals surface area contributed by atoms with Crippen LogP contribution in [0.5, 0.6) is 11.5 Å². The summed E-state index contributed by atoms with van der Waals surface area (Å²) >= 11 is 0. The summed E-state index contributed by atoms with van der Waals surface area (Å²) in [6, 6.07) is 15.5. The van der Waals surface area contributed by atoms with Crippen LogP contribution in [0, 0.1) is 18.8 Å². The van der Waals surface area contributed by atoms with Crippen LogP contribution in [0.4, 0.5) is 5.69 Å². The van der Waals surface area contributed by atoms with Gasteiger partial charge < -0.3 is 10.1 Å². The Bertz CT molecular complexity index is 685. The number of benzene rings is 2. The van der Waals surface area contributed by atoms with E-state index in [2.05, 4.69) is 12.2 Å². The molecule has 1 aliphatic carbocycles. The maximum atomic E-state index is 12.3. The highest BCUT2D eigenvalue weighted by Gasteiger charge is 2.24. The number of carbonyl (C=O) groups excluding carboxylic acids is 1. The number of ether oxygens (including phenoxy) is 1. The number of amides is 1. The summed E-state index contributed by atoms with van der Waals surface area (Å²) in [7, 11) is 0. The number of hydrogen-bond donors (Lipinski definition) is 1. The van der Waals surface area contributed by atoms with E-state index in [1.807, 2.05) is 55.5 Å². The number of rotatable bonds is 4. The molecule has 2 aromatic rings. The minimum absolute atomic E-state index is 0.147. The minimum atomic E-state index is 0.147. The molecule has 1 N–H and O–H groups in total. The van der Waals surface area contributed by atoms with Gasteiger partial charge in [0.25, 0.3) is 0 Å². The lowest BCUT2D eigenvalue weighted by atomic mass is 9.82. The van der Waals surface area contributed by atoms with E-state index in [1.165, 1.54) is 0 Å². The van der Waals surface area contributed by atoms with Crippen molar-refractivity contribution < 1.29 is 9.53 Å². The topological polar surface area (TPSA) is 38.3 Å². The Morgan fingerprint density at radius 3 is 2.38 bits per heavy atom. The molecule has 1 aliphatic rings. The molecule has 126 valence electrons. The first-order valence-electron chi connectivity index (χ1n) is 8.75. The summed E-state index contributed by atoms with van der Waals surface area (Å²) in [4.78, 5) is 12.3. The number of carbonyl (C=O) groups is 1. The van der Waals surface area contributed by atoms with Crippen molar-refractivity contribution in [3.63, 3.8) is 0 Å². The number of nitrogens with one attached hydrogen (secondary N) is 1. The Hall–Kier alpha value is -2.29. The normalized spacial score (nSPS) is 20.4. The van der Waals surface area contributed by atoms with Gasteiger partial charge in [0.15, 0.2) is 0 Å². The summed E-state index contributed by atoms with van der Waals surface area (Å²) in [5, 5.41) is 3.03. The van der Waals surface area contributed by atoms with Gasteiger partial charge in [0.1, 0.15) is 11.5 Å². The summed E-state index contributed by atoms with van der Waals surface area (Å²) in [6.45, 7) is 4.30. The van der Waals surface area contributed by atoms with Crippen LogP contribution >= 0.6 is 0 Å². The number of hydrogen-bond acceptors (Lipinski definition) is 2. The van der Waals surface area contributed by atoms with E-state index in [4.69, 9.17) is 4.74 Å². The van der Waals surface area contributed by atoms with Gasteiger partial charge in [-0.15, -0.1) is 0 Å². The van der Waals surface area contributed by atoms with Crippen molar-refractivity contribution in [2.24, 2.45) is 11.8 Å². The van der Waals surface area contributed by atoms with Gasteiger partial charge in [0, 0.05) is 11.6 Å². The Morgan fingerprint density at radius 2 is 1.71 bits per heavy atom. The first kappa shape index (κ1) is 16.6. The molecule has 1 fully saturated rings. The van der Waals surface area contributed by atoms with E-state index in [9.17, 15) is 4.79 Å². The Labute approximate surface area is 144 Å². The van der Waals surface area contributed by atoms with Crippen molar-refractivity contribution in [2.45, 2.75) is 39.5 Å². The van der Waals surface area contributed by atoms with Crippen LogP contribution < -0.4 is 10.1 Å². The molecular formula is C21H25NO2. The lowest BCUT2D eigenvalue weighted by Gasteiger charge is -2.25. The molecule has 1 saturated carbocycles. The molecule has 0 heterocycles. The predicted octanol–water partition coefficient (Wildman–Crippen LogP) is 5.55. The smallest absolute Gasteiger partial charge is 0.227 e. The molecule has 0 bridgehead atoms. The molecule has 2 aromatic carbocycles. The molecule has 0 aliphatic heterocycles. The van der Waals surface area contributed by atoms with Crippen molar-refractivity contribution in [1.82, 2.24) is 0 Å². The van der Waals surface area contributed by atoms with E-state index in [0.29, 0.717) is 0 Å². The van der Waals surface area contributed by atoms with Crippen LogP contribution in [0.3, 0.4) is 0 Å². The van der Waals surface area contributed by atoms with Crippen molar-refractivity contribution in [3.8, 4) is 11.5 Å². The first-order chi connectivity index (χ1) is 11.6. The number of anilines is 1. The average molecular weight is 323 g/mol. The third-order valence-corrected chi connectivity index (χ3v) is 4.73. The van der Waals surface area contributed by atoms with Gasteiger partial charge >= 0.3 is 0 Å². The number of aryl methyl sites for hydroxylation is 1. The zero-order chi connectivity index (χ0) is 16.9. The van der Waals surface area contributed by atoms with Gasteiger partial charge in [-0.1, -0.05) is 19.1 Å².